The fourth-order valence-electron chi connectivity index (χ4n) is 2.57. The lowest BCUT2D eigenvalue weighted by atomic mass is 10.2. The summed E-state index contributed by atoms with van der Waals surface area (Å²) in [6.07, 6.45) is 4.18. The number of pyridine rings is 1. The van der Waals surface area contributed by atoms with Crippen molar-refractivity contribution in [3.63, 3.8) is 0 Å². The summed E-state index contributed by atoms with van der Waals surface area (Å²) in [7, 11) is -1.97. The van der Waals surface area contributed by atoms with E-state index >= 15 is 0 Å². The number of anilines is 4. The molecule has 1 aromatic carbocycles. The Morgan fingerprint density at radius 2 is 1.90 bits per heavy atom. The molecule has 0 saturated heterocycles. The van der Waals surface area contributed by atoms with Crippen molar-refractivity contribution in [2.45, 2.75) is 13.5 Å². The van der Waals surface area contributed by atoms with Gasteiger partial charge in [-0.1, -0.05) is 35.9 Å². The summed E-state index contributed by atoms with van der Waals surface area (Å²) >= 11 is 6.23. The molecular weight excluding hydrogens is 412 g/mol. The zero-order valence-corrected chi connectivity index (χ0v) is 17.8. The van der Waals surface area contributed by atoms with Gasteiger partial charge in [0.05, 0.1) is 12.5 Å². The summed E-state index contributed by atoms with van der Waals surface area (Å²) in [6.45, 7) is 2.27. The topological polar surface area (TPSA) is 100 Å². The van der Waals surface area contributed by atoms with E-state index in [1.165, 1.54) is 13.2 Å². The third-order valence-corrected chi connectivity index (χ3v) is 5.69. The van der Waals surface area contributed by atoms with Gasteiger partial charge < -0.3 is 10.6 Å². The summed E-state index contributed by atoms with van der Waals surface area (Å²) in [6, 6.07) is 11.3. The third-order valence-electron chi connectivity index (χ3n) is 4.25. The minimum atomic E-state index is -3.43. The Bertz CT molecular complexity index is 1120. The van der Waals surface area contributed by atoms with E-state index in [0.717, 1.165) is 21.8 Å². The van der Waals surface area contributed by atoms with Crippen LogP contribution in [0.4, 0.5) is 23.3 Å². The number of hydrogen-bond donors (Lipinski definition) is 2. The molecule has 0 aliphatic rings. The quantitative estimate of drug-likeness (QED) is 0.588. The first-order chi connectivity index (χ1) is 13.8. The van der Waals surface area contributed by atoms with Crippen molar-refractivity contribution >= 4 is 44.9 Å². The van der Waals surface area contributed by atoms with E-state index < -0.39 is 10.0 Å². The highest BCUT2D eigenvalue weighted by atomic mass is 35.5. The first kappa shape index (κ1) is 20.8. The molecule has 0 radical (unpaired) electrons. The van der Waals surface area contributed by atoms with Gasteiger partial charge in [0, 0.05) is 31.0 Å². The molecule has 29 heavy (non-hydrogen) atoms. The van der Waals surface area contributed by atoms with Crippen LogP contribution in [0.2, 0.25) is 5.02 Å². The largest absolute Gasteiger partial charge is 0.364 e. The second-order valence-corrected chi connectivity index (χ2v) is 8.82. The van der Waals surface area contributed by atoms with Gasteiger partial charge in [-0.2, -0.15) is 4.98 Å². The highest BCUT2D eigenvalue weighted by Crippen LogP contribution is 2.25. The number of sulfonamides is 1. The van der Waals surface area contributed by atoms with Crippen LogP contribution in [0.3, 0.4) is 0 Å². The fourth-order valence-corrected chi connectivity index (χ4v) is 3.21. The van der Waals surface area contributed by atoms with Crippen molar-refractivity contribution in [2.24, 2.45) is 0 Å². The lowest BCUT2D eigenvalue weighted by Gasteiger charge is -2.19. The summed E-state index contributed by atoms with van der Waals surface area (Å²) in [5.74, 6) is 1.16. The molecule has 0 amide bonds. The van der Waals surface area contributed by atoms with E-state index in [-0.39, 0.29) is 6.54 Å². The Labute approximate surface area is 175 Å². The Morgan fingerprint density at radius 3 is 2.62 bits per heavy atom. The minimum absolute atomic E-state index is 0.281. The van der Waals surface area contributed by atoms with Gasteiger partial charge in [0.25, 0.3) is 0 Å². The van der Waals surface area contributed by atoms with Crippen LogP contribution < -0.4 is 14.9 Å². The van der Waals surface area contributed by atoms with Gasteiger partial charge in [-0.3, -0.25) is 4.31 Å². The lowest BCUT2D eigenvalue weighted by molar-refractivity contribution is 0.599. The number of rotatable bonds is 7. The first-order valence-corrected chi connectivity index (χ1v) is 10.9. The Hall–Kier alpha value is -2.91. The molecule has 0 saturated carbocycles. The average molecular weight is 433 g/mol. The number of benzene rings is 1. The maximum absolute atomic E-state index is 11.9. The smallest absolute Gasteiger partial charge is 0.233 e. The predicted octanol–water partition coefficient (Wildman–Crippen LogP) is 3.58. The highest BCUT2D eigenvalue weighted by Gasteiger charge is 2.17. The van der Waals surface area contributed by atoms with Crippen molar-refractivity contribution in [3.8, 4) is 0 Å². The minimum Gasteiger partial charge on any atom is -0.364 e. The fraction of sp³-hybridized carbons (Fsp3) is 0.211. The molecule has 8 nitrogen and oxygen atoms in total. The van der Waals surface area contributed by atoms with Crippen LogP contribution in [0.1, 0.15) is 11.1 Å². The van der Waals surface area contributed by atoms with Crippen LogP contribution in [-0.4, -0.2) is 36.7 Å². The van der Waals surface area contributed by atoms with Gasteiger partial charge in [-0.05, 0) is 24.6 Å². The number of para-hydroxylation sites is 1. The molecular formula is C19H21ClN6O2S. The number of hydrogen-bond acceptors (Lipinski definition) is 7. The molecule has 10 heteroatoms. The molecule has 0 fully saturated rings. The third kappa shape index (κ3) is 5.12. The molecule has 152 valence electrons. The molecule has 2 N–H and O–H groups in total. The molecule has 0 bridgehead atoms. The van der Waals surface area contributed by atoms with E-state index in [1.807, 2.05) is 31.2 Å². The molecule has 0 aliphatic heterocycles. The molecule has 2 aromatic heterocycles. The van der Waals surface area contributed by atoms with Crippen LogP contribution >= 0.6 is 11.6 Å². The van der Waals surface area contributed by atoms with Gasteiger partial charge in [0.2, 0.25) is 16.0 Å². The van der Waals surface area contributed by atoms with Gasteiger partial charge in [0.15, 0.2) is 5.82 Å². The second-order valence-electron chi connectivity index (χ2n) is 6.40. The standard InChI is InChI=1S/C19H21ClN6O2S/c1-13-7-4-5-9-16(13)24-19-23-12-15(20)17(25-19)22-11-14-8-6-10-21-18(14)26(2)29(3,27)28/h4-10,12H,11H2,1-3H3,(H2,22,23,24,25). The SMILES string of the molecule is Cc1ccccc1Nc1ncc(Cl)c(NCc2cccnc2N(C)S(C)(=O)=O)n1. The number of nitrogens with zero attached hydrogens (tertiary/aromatic N) is 4. The summed E-state index contributed by atoms with van der Waals surface area (Å²) in [4.78, 5) is 12.8. The summed E-state index contributed by atoms with van der Waals surface area (Å²) < 4.78 is 24.9. The maximum atomic E-state index is 11.9. The van der Waals surface area contributed by atoms with Crippen molar-refractivity contribution < 1.29 is 8.42 Å². The molecule has 0 spiro atoms. The molecule has 0 atom stereocenters. The monoisotopic (exact) mass is 432 g/mol. The van der Waals surface area contributed by atoms with Crippen molar-refractivity contribution in [1.82, 2.24) is 15.0 Å². The van der Waals surface area contributed by atoms with Gasteiger partial charge in [-0.25, -0.2) is 18.4 Å². The van der Waals surface area contributed by atoms with Crippen molar-refractivity contribution in [1.29, 1.82) is 0 Å². The van der Waals surface area contributed by atoms with Gasteiger partial charge in [-0.15, -0.1) is 0 Å². The molecule has 2 heterocycles. The van der Waals surface area contributed by atoms with E-state index in [9.17, 15) is 8.42 Å². The predicted molar refractivity (Wildman–Crippen MR) is 116 cm³/mol. The molecule has 3 rings (SSSR count). The zero-order valence-electron chi connectivity index (χ0n) is 16.2. The van der Waals surface area contributed by atoms with E-state index in [2.05, 4.69) is 25.6 Å². The van der Waals surface area contributed by atoms with Crippen LogP contribution in [0.25, 0.3) is 0 Å². The Kier molecular flexibility index (Phi) is 6.19. The normalized spacial score (nSPS) is 11.2. The summed E-state index contributed by atoms with van der Waals surface area (Å²) in [5, 5.41) is 6.65. The van der Waals surface area contributed by atoms with Gasteiger partial charge in [0.1, 0.15) is 10.8 Å². The van der Waals surface area contributed by atoms with Crippen molar-refractivity contribution in [3.05, 3.63) is 64.9 Å². The Balaban J connectivity index is 1.81. The van der Waals surface area contributed by atoms with Crippen molar-refractivity contribution in [2.75, 3.05) is 28.2 Å². The van der Waals surface area contributed by atoms with Gasteiger partial charge >= 0.3 is 0 Å². The number of aromatic nitrogens is 3. The second kappa shape index (κ2) is 8.62. The van der Waals surface area contributed by atoms with E-state index in [0.29, 0.717) is 28.2 Å². The zero-order chi connectivity index (χ0) is 21.0. The number of aryl methyl sites for hydroxylation is 1. The molecule has 0 aliphatic carbocycles. The summed E-state index contributed by atoms with van der Waals surface area (Å²) in [5.41, 5.74) is 2.64. The van der Waals surface area contributed by atoms with Crippen LogP contribution in [0, 0.1) is 6.92 Å². The van der Waals surface area contributed by atoms with Crippen LogP contribution in [-0.2, 0) is 16.6 Å². The average Bonchev–Trinajstić information content (AvgIpc) is 2.69. The van der Waals surface area contributed by atoms with Crippen LogP contribution in [0.15, 0.2) is 48.8 Å². The van der Waals surface area contributed by atoms with Crippen LogP contribution in [0.5, 0.6) is 0 Å². The lowest BCUT2D eigenvalue weighted by Crippen LogP contribution is -2.27. The molecule has 0 unspecified atom stereocenters. The number of halogens is 1. The highest BCUT2D eigenvalue weighted by molar-refractivity contribution is 7.92. The molecule has 3 aromatic rings. The van der Waals surface area contributed by atoms with E-state index in [1.54, 1.807) is 18.3 Å². The van der Waals surface area contributed by atoms with E-state index in [4.69, 9.17) is 11.6 Å². The number of nitrogens with one attached hydrogen (secondary N) is 2. The maximum Gasteiger partial charge on any atom is 0.233 e. The Morgan fingerprint density at radius 1 is 1.14 bits per heavy atom. The first-order valence-electron chi connectivity index (χ1n) is 8.72.